The van der Waals surface area contributed by atoms with Crippen LogP contribution in [0, 0.1) is 11.3 Å². The molecular weight excluding hydrogens is 528 g/mol. The minimum atomic E-state index is -3.75. The Morgan fingerprint density at radius 2 is 1.79 bits per heavy atom. The van der Waals surface area contributed by atoms with Gasteiger partial charge in [0, 0.05) is 25.7 Å². The Kier molecular flexibility index (Phi) is 8.54. The lowest BCUT2D eigenvalue weighted by Crippen LogP contribution is -2.61. The molecule has 0 saturated carbocycles. The first-order valence-corrected chi connectivity index (χ1v) is 14.5. The minimum absolute atomic E-state index is 0.0821. The number of carbonyl (C=O) groups excluding carboxylic acids is 4. The number of Topliss-reactive ketones (excluding diaryl/α,β-unsaturated/α-hetero) is 1. The highest BCUT2D eigenvalue weighted by Crippen LogP contribution is 2.31. The molecule has 1 unspecified atom stereocenters. The van der Waals surface area contributed by atoms with E-state index in [0.29, 0.717) is 44.3 Å². The SMILES string of the molecule is COC(=O)C(=O)C(NC(=O)[C@@H]1CC[C@H]2CN(S(=O)(=O)Cc3ccccc3)CC(=O)N21)C1CCN(C(=N)N)CC1. The van der Waals surface area contributed by atoms with Crippen LogP contribution in [0.2, 0.25) is 0 Å². The molecule has 0 spiro atoms. The van der Waals surface area contributed by atoms with Crippen LogP contribution in [0.3, 0.4) is 0 Å². The summed E-state index contributed by atoms with van der Waals surface area (Å²) < 4.78 is 31.8. The van der Waals surface area contributed by atoms with Crippen molar-refractivity contribution in [2.75, 3.05) is 33.3 Å². The van der Waals surface area contributed by atoms with E-state index in [9.17, 15) is 27.6 Å². The number of amides is 2. The monoisotopic (exact) mass is 562 g/mol. The first-order chi connectivity index (χ1) is 18.5. The number of esters is 1. The van der Waals surface area contributed by atoms with Crippen LogP contribution in [-0.4, -0.2) is 103 Å². The van der Waals surface area contributed by atoms with Crippen LogP contribution in [0.25, 0.3) is 0 Å². The number of ketones is 1. The Labute approximate surface area is 227 Å². The number of hydrogen-bond acceptors (Lipinski definition) is 8. The number of methoxy groups -OCH3 is 1. The molecule has 39 heavy (non-hydrogen) atoms. The number of piperazine rings is 1. The van der Waals surface area contributed by atoms with Gasteiger partial charge in [0.15, 0.2) is 5.96 Å². The number of nitrogens with one attached hydrogen (secondary N) is 2. The average molecular weight is 563 g/mol. The third kappa shape index (κ3) is 6.22. The second kappa shape index (κ2) is 11.7. The first kappa shape index (κ1) is 28.5. The zero-order valence-electron chi connectivity index (χ0n) is 21.7. The summed E-state index contributed by atoms with van der Waals surface area (Å²) in [6, 6.07) is 6.20. The number of benzene rings is 1. The number of guanidine groups is 1. The lowest BCUT2D eigenvalue weighted by molar-refractivity contribution is -0.154. The zero-order chi connectivity index (χ0) is 28.3. The van der Waals surface area contributed by atoms with Gasteiger partial charge >= 0.3 is 5.97 Å². The number of ether oxygens (including phenoxy) is 1. The predicted molar refractivity (Wildman–Crippen MR) is 139 cm³/mol. The second-order valence-electron chi connectivity index (χ2n) is 10.1. The Morgan fingerprint density at radius 3 is 2.41 bits per heavy atom. The van der Waals surface area contributed by atoms with Crippen LogP contribution in [0.1, 0.15) is 31.2 Å². The van der Waals surface area contributed by atoms with Gasteiger partial charge in [0.1, 0.15) is 12.1 Å². The second-order valence-corrected chi connectivity index (χ2v) is 12.1. The van der Waals surface area contributed by atoms with Gasteiger partial charge in [-0.2, -0.15) is 4.31 Å². The van der Waals surface area contributed by atoms with Crippen molar-refractivity contribution >= 4 is 39.5 Å². The Bertz CT molecular complexity index is 1230. The van der Waals surface area contributed by atoms with Crippen molar-refractivity contribution in [1.82, 2.24) is 19.4 Å². The molecule has 3 saturated heterocycles. The predicted octanol–water partition coefficient (Wildman–Crippen LogP) is -0.976. The number of likely N-dealkylation sites (tertiary alicyclic amines) is 1. The van der Waals surface area contributed by atoms with Crippen molar-refractivity contribution in [3.05, 3.63) is 35.9 Å². The third-order valence-electron chi connectivity index (χ3n) is 7.72. The maximum Gasteiger partial charge on any atom is 0.376 e. The highest BCUT2D eigenvalue weighted by atomic mass is 32.2. The molecule has 3 aliphatic rings. The molecule has 4 rings (SSSR count). The summed E-state index contributed by atoms with van der Waals surface area (Å²) in [5.41, 5.74) is 6.17. The maximum absolute atomic E-state index is 13.4. The number of nitrogens with zero attached hydrogens (tertiary/aromatic N) is 3. The normalized spacial score (nSPS) is 23.2. The molecule has 2 amide bonds. The van der Waals surface area contributed by atoms with Crippen molar-refractivity contribution in [1.29, 1.82) is 5.41 Å². The van der Waals surface area contributed by atoms with Crippen molar-refractivity contribution in [2.45, 2.75) is 49.6 Å². The fourth-order valence-corrected chi connectivity index (χ4v) is 7.17. The van der Waals surface area contributed by atoms with E-state index in [1.807, 2.05) is 0 Å². The molecule has 13 nitrogen and oxygen atoms in total. The Morgan fingerprint density at radius 1 is 1.13 bits per heavy atom. The quantitative estimate of drug-likeness (QED) is 0.155. The van der Waals surface area contributed by atoms with Crippen molar-refractivity contribution in [3.63, 3.8) is 0 Å². The number of sulfonamides is 1. The Balaban J connectivity index is 1.44. The summed E-state index contributed by atoms with van der Waals surface area (Å²) in [4.78, 5) is 54.6. The maximum atomic E-state index is 13.4. The van der Waals surface area contributed by atoms with Gasteiger partial charge in [-0.25, -0.2) is 13.2 Å². The molecule has 3 fully saturated rings. The van der Waals surface area contributed by atoms with Gasteiger partial charge < -0.3 is 25.6 Å². The van der Waals surface area contributed by atoms with Gasteiger partial charge in [-0.3, -0.25) is 19.8 Å². The van der Waals surface area contributed by atoms with E-state index < -0.39 is 51.7 Å². The fraction of sp³-hybridized carbons (Fsp3) is 0.560. The molecule has 3 aliphatic heterocycles. The molecule has 212 valence electrons. The lowest BCUT2D eigenvalue weighted by Gasteiger charge is -2.39. The van der Waals surface area contributed by atoms with Crippen LogP contribution in [0.4, 0.5) is 0 Å². The van der Waals surface area contributed by atoms with E-state index in [1.54, 1.807) is 35.2 Å². The van der Waals surface area contributed by atoms with E-state index in [0.717, 1.165) is 7.11 Å². The standard InChI is InChI=1S/C25H34N6O7S/c1-38-24(35)22(33)21(17-9-11-29(12-10-17)25(26)27)28-23(34)19-8-7-18-13-30(14-20(32)31(18)19)39(36,37)15-16-5-3-2-4-6-16/h2-6,17-19,21H,7-15H2,1H3,(H3,26,27)(H,28,34)/t18-,19-,21?/m0/s1. The summed E-state index contributed by atoms with van der Waals surface area (Å²) in [7, 11) is -2.67. The van der Waals surface area contributed by atoms with Crippen molar-refractivity contribution < 1.29 is 32.3 Å². The van der Waals surface area contributed by atoms with Gasteiger partial charge in [-0.1, -0.05) is 30.3 Å². The molecule has 0 aromatic heterocycles. The lowest BCUT2D eigenvalue weighted by atomic mass is 9.86. The summed E-state index contributed by atoms with van der Waals surface area (Å²) in [6.07, 6.45) is 1.55. The smallest absolute Gasteiger partial charge is 0.376 e. The van der Waals surface area contributed by atoms with E-state index >= 15 is 0 Å². The number of piperidine rings is 1. The molecule has 3 atom stereocenters. The van der Waals surface area contributed by atoms with Gasteiger partial charge in [-0.15, -0.1) is 0 Å². The first-order valence-electron chi connectivity index (χ1n) is 12.9. The van der Waals surface area contributed by atoms with E-state index in [2.05, 4.69) is 10.1 Å². The molecular formula is C25H34N6O7S. The van der Waals surface area contributed by atoms with Crippen molar-refractivity contribution in [3.8, 4) is 0 Å². The molecule has 0 aliphatic carbocycles. The number of rotatable bonds is 8. The zero-order valence-corrected chi connectivity index (χ0v) is 22.6. The highest BCUT2D eigenvalue weighted by Gasteiger charge is 2.48. The number of fused-ring (bicyclic) bond motifs is 1. The fourth-order valence-electron chi connectivity index (χ4n) is 5.67. The Hall–Kier alpha value is -3.52. The molecule has 0 bridgehead atoms. The van der Waals surface area contributed by atoms with Crippen molar-refractivity contribution in [2.24, 2.45) is 11.7 Å². The van der Waals surface area contributed by atoms with E-state index in [4.69, 9.17) is 11.1 Å². The van der Waals surface area contributed by atoms with Crippen LogP contribution in [-0.2, 0) is 39.7 Å². The topological polar surface area (TPSA) is 183 Å². The minimum Gasteiger partial charge on any atom is -0.463 e. The van der Waals surface area contributed by atoms with E-state index in [1.165, 1.54) is 9.21 Å². The molecule has 0 radical (unpaired) electrons. The molecule has 3 heterocycles. The molecule has 4 N–H and O–H groups in total. The van der Waals surface area contributed by atoms with Crippen LogP contribution in [0.5, 0.6) is 0 Å². The van der Waals surface area contributed by atoms with Gasteiger partial charge in [-0.05, 0) is 37.2 Å². The summed E-state index contributed by atoms with van der Waals surface area (Å²) >= 11 is 0. The van der Waals surface area contributed by atoms with Crippen LogP contribution in [0.15, 0.2) is 30.3 Å². The third-order valence-corrected chi connectivity index (χ3v) is 9.49. The number of hydrogen-bond donors (Lipinski definition) is 3. The van der Waals surface area contributed by atoms with Gasteiger partial charge in [0.2, 0.25) is 21.8 Å². The summed E-state index contributed by atoms with van der Waals surface area (Å²) in [5.74, 6) is -3.71. The van der Waals surface area contributed by atoms with Crippen LogP contribution >= 0.6 is 0 Å². The van der Waals surface area contributed by atoms with E-state index in [-0.39, 0.29) is 30.7 Å². The summed E-state index contributed by atoms with van der Waals surface area (Å²) in [5, 5.41) is 10.3. The van der Waals surface area contributed by atoms with Crippen LogP contribution < -0.4 is 11.1 Å². The molecule has 14 heteroatoms. The average Bonchev–Trinajstić information content (AvgIpc) is 3.36. The molecule has 1 aromatic carbocycles. The highest BCUT2D eigenvalue weighted by molar-refractivity contribution is 7.88. The number of carbonyl (C=O) groups is 4. The van der Waals surface area contributed by atoms with Gasteiger partial charge in [0.25, 0.3) is 5.78 Å². The van der Waals surface area contributed by atoms with Gasteiger partial charge in [0.05, 0.1) is 19.4 Å². The number of nitrogens with two attached hydrogens (primary N) is 1. The summed E-state index contributed by atoms with van der Waals surface area (Å²) in [6.45, 7) is 0.497. The molecule has 1 aromatic rings. The largest absolute Gasteiger partial charge is 0.463 e.